The molecular weight excluding hydrogens is 366 g/mol. The molecule has 0 atom stereocenters. The molecule has 1 aliphatic rings. The number of benzene rings is 2. The molecule has 1 aromatic heterocycles. The second kappa shape index (κ2) is 8.52. The molecule has 3 N–H and O–H groups in total. The summed E-state index contributed by atoms with van der Waals surface area (Å²) in [6.45, 7) is 0.370. The van der Waals surface area contributed by atoms with Gasteiger partial charge in [0, 0.05) is 25.0 Å². The predicted molar refractivity (Wildman–Crippen MR) is 109 cm³/mol. The fourth-order valence-electron chi connectivity index (χ4n) is 3.44. The van der Waals surface area contributed by atoms with Gasteiger partial charge in [0.05, 0.1) is 0 Å². The van der Waals surface area contributed by atoms with Crippen LogP contribution in [0.25, 0.3) is 0 Å². The Hall–Kier alpha value is -3.74. The number of rotatable bonds is 5. The van der Waals surface area contributed by atoms with Crippen LogP contribution in [0.5, 0.6) is 0 Å². The largest absolute Gasteiger partial charge is 0.347 e. The lowest BCUT2D eigenvalue weighted by Crippen LogP contribution is -2.37. The number of aromatic nitrogens is 2. The first kappa shape index (κ1) is 18.6. The van der Waals surface area contributed by atoms with E-state index in [1.165, 1.54) is 23.5 Å². The molecule has 0 unspecified atom stereocenters. The van der Waals surface area contributed by atoms with Crippen LogP contribution in [-0.4, -0.2) is 27.9 Å². The van der Waals surface area contributed by atoms with Crippen molar-refractivity contribution in [2.45, 2.75) is 25.4 Å². The van der Waals surface area contributed by atoms with Crippen LogP contribution in [0.15, 0.2) is 67.0 Å². The number of hydrogen-bond donors (Lipinski definition) is 3. The first-order valence-corrected chi connectivity index (χ1v) is 9.46. The van der Waals surface area contributed by atoms with Crippen LogP contribution in [0.4, 0.5) is 10.6 Å². The van der Waals surface area contributed by atoms with E-state index in [2.05, 4.69) is 38.1 Å². The van der Waals surface area contributed by atoms with Crippen molar-refractivity contribution in [3.63, 3.8) is 0 Å². The summed E-state index contributed by atoms with van der Waals surface area (Å²) in [5, 5.41) is 8.37. The molecule has 0 saturated carbocycles. The zero-order valence-electron chi connectivity index (χ0n) is 15.8. The standard InChI is InChI=1S/C22H21N5O2/c28-21(26-18-12-16-8-4-5-9-17(16)13-18)19-20(24-11-10-23-19)27-22(29)25-14-15-6-2-1-3-7-15/h1-11,18H,12-14H2,(H,26,28)(H2,24,25,27,29). The van der Waals surface area contributed by atoms with Crippen LogP contribution in [-0.2, 0) is 19.4 Å². The molecular formula is C22H21N5O2. The number of hydrogen-bond acceptors (Lipinski definition) is 4. The summed E-state index contributed by atoms with van der Waals surface area (Å²) in [6, 6.07) is 17.3. The van der Waals surface area contributed by atoms with E-state index in [1.54, 1.807) is 0 Å². The highest BCUT2D eigenvalue weighted by atomic mass is 16.2. The maximum absolute atomic E-state index is 12.7. The van der Waals surface area contributed by atoms with Crippen molar-refractivity contribution in [3.8, 4) is 0 Å². The van der Waals surface area contributed by atoms with Crippen LogP contribution in [0.1, 0.15) is 27.2 Å². The van der Waals surface area contributed by atoms with Gasteiger partial charge in [0.25, 0.3) is 5.91 Å². The van der Waals surface area contributed by atoms with Crippen molar-refractivity contribution in [3.05, 3.63) is 89.4 Å². The number of fused-ring (bicyclic) bond motifs is 1. The summed E-state index contributed by atoms with van der Waals surface area (Å²) in [6.07, 6.45) is 4.44. The third-order valence-electron chi connectivity index (χ3n) is 4.83. The molecule has 3 aromatic rings. The quantitative estimate of drug-likeness (QED) is 0.627. The summed E-state index contributed by atoms with van der Waals surface area (Å²) in [5.74, 6) is -0.222. The molecule has 0 aliphatic heterocycles. The van der Waals surface area contributed by atoms with Crippen LogP contribution < -0.4 is 16.0 Å². The molecule has 0 radical (unpaired) electrons. The van der Waals surface area contributed by atoms with Gasteiger partial charge < -0.3 is 10.6 Å². The Morgan fingerprint density at radius 1 is 0.897 bits per heavy atom. The molecule has 146 valence electrons. The minimum Gasteiger partial charge on any atom is -0.347 e. The number of urea groups is 1. The molecule has 2 aromatic carbocycles. The third-order valence-corrected chi connectivity index (χ3v) is 4.83. The van der Waals surface area contributed by atoms with E-state index in [0.29, 0.717) is 6.54 Å². The van der Waals surface area contributed by atoms with Gasteiger partial charge in [-0.1, -0.05) is 54.6 Å². The van der Waals surface area contributed by atoms with Crippen LogP contribution >= 0.6 is 0 Å². The van der Waals surface area contributed by atoms with Gasteiger partial charge in [-0.3, -0.25) is 10.1 Å². The van der Waals surface area contributed by atoms with Crippen LogP contribution in [0.2, 0.25) is 0 Å². The molecule has 0 saturated heterocycles. The number of amides is 3. The van der Waals surface area contributed by atoms with Gasteiger partial charge in [-0.2, -0.15) is 0 Å². The highest BCUT2D eigenvalue weighted by molar-refractivity contribution is 6.00. The topological polar surface area (TPSA) is 96.0 Å². The maximum Gasteiger partial charge on any atom is 0.320 e. The van der Waals surface area contributed by atoms with Gasteiger partial charge in [0.2, 0.25) is 0 Å². The minimum atomic E-state index is -0.448. The first-order chi connectivity index (χ1) is 14.2. The van der Waals surface area contributed by atoms with Crippen molar-refractivity contribution in [1.82, 2.24) is 20.6 Å². The average molecular weight is 387 g/mol. The van der Waals surface area contributed by atoms with E-state index in [4.69, 9.17) is 0 Å². The SMILES string of the molecule is O=C(NCc1ccccc1)Nc1nccnc1C(=O)NC1Cc2ccccc2C1. The number of nitrogens with zero attached hydrogens (tertiary/aromatic N) is 2. The van der Waals surface area contributed by atoms with E-state index in [1.807, 2.05) is 42.5 Å². The lowest BCUT2D eigenvalue weighted by molar-refractivity contribution is 0.0934. The summed E-state index contributed by atoms with van der Waals surface area (Å²) in [4.78, 5) is 33.2. The van der Waals surface area contributed by atoms with E-state index < -0.39 is 6.03 Å². The summed E-state index contributed by atoms with van der Waals surface area (Å²) >= 11 is 0. The van der Waals surface area contributed by atoms with Gasteiger partial charge in [-0.05, 0) is 29.5 Å². The predicted octanol–water partition coefficient (Wildman–Crippen LogP) is 2.70. The summed E-state index contributed by atoms with van der Waals surface area (Å²) in [7, 11) is 0. The monoisotopic (exact) mass is 387 g/mol. The number of nitrogens with one attached hydrogen (secondary N) is 3. The van der Waals surface area contributed by atoms with Crippen LogP contribution in [0, 0.1) is 0 Å². The fraction of sp³-hybridized carbons (Fsp3) is 0.182. The van der Waals surface area contributed by atoms with Gasteiger partial charge in [-0.15, -0.1) is 0 Å². The van der Waals surface area contributed by atoms with Crippen molar-refractivity contribution >= 4 is 17.8 Å². The van der Waals surface area contributed by atoms with E-state index in [-0.39, 0.29) is 23.5 Å². The van der Waals surface area contributed by atoms with Gasteiger partial charge in [0.1, 0.15) is 0 Å². The Morgan fingerprint density at radius 3 is 2.28 bits per heavy atom. The molecule has 7 heteroatoms. The van der Waals surface area contributed by atoms with E-state index >= 15 is 0 Å². The van der Waals surface area contributed by atoms with Crippen molar-refractivity contribution < 1.29 is 9.59 Å². The Bertz CT molecular complexity index is 997. The number of anilines is 1. The Labute approximate surface area is 168 Å². The molecule has 1 aliphatic carbocycles. The lowest BCUT2D eigenvalue weighted by atomic mass is 10.1. The van der Waals surface area contributed by atoms with Crippen molar-refractivity contribution in [2.24, 2.45) is 0 Å². The van der Waals surface area contributed by atoms with Crippen molar-refractivity contribution in [1.29, 1.82) is 0 Å². The van der Waals surface area contributed by atoms with Gasteiger partial charge >= 0.3 is 6.03 Å². The minimum absolute atomic E-state index is 0.00154. The van der Waals surface area contributed by atoms with Crippen molar-refractivity contribution in [2.75, 3.05) is 5.32 Å². The molecule has 0 fully saturated rings. The molecule has 4 rings (SSSR count). The Morgan fingerprint density at radius 2 is 1.55 bits per heavy atom. The molecule has 7 nitrogen and oxygen atoms in total. The molecule has 3 amide bonds. The molecule has 1 heterocycles. The van der Waals surface area contributed by atoms with E-state index in [0.717, 1.165) is 18.4 Å². The Kier molecular flexibility index (Phi) is 5.47. The highest BCUT2D eigenvalue weighted by Crippen LogP contribution is 2.22. The summed E-state index contributed by atoms with van der Waals surface area (Å²) < 4.78 is 0. The number of carbonyl (C=O) groups excluding carboxylic acids is 2. The highest BCUT2D eigenvalue weighted by Gasteiger charge is 2.25. The second-order valence-electron chi connectivity index (χ2n) is 6.89. The van der Waals surface area contributed by atoms with Crippen LogP contribution in [0.3, 0.4) is 0 Å². The third kappa shape index (κ3) is 4.57. The normalized spacial score (nSPS) is 12.8. The lowest BCUT2D eigenvalue weighted by Gasteiger charge is -2.14. The second-order valence-corrected chi connectivity index (χ2v) is 6.89. The smallest absolute Gasteiger partial charge is 0.320 e. The van der Waals surface area contributed by atoms with E-state index in [9.17, 15) is 9.59 Å². The molecule has 0 bridgehead atoms. The summed E-state index contributed by atoms with van der Waals surface area (Å²) in [5.41, 5.74) is 3.56. The fourth-order valence-corrected chi connectivity index (χ4v) is 3.44. The average Bonchev–Trinajstić information content (AvgIpc) is 3.15. The first-order valence-electron chi connectivity index (χ1n) is 9.46. The Balaban J connectivity index is 1.37. The zero-order valence-corrected chi connectivity index (χ0v) is 15.8. The molecule has 0 spiro atoms. The zero-order chi connectivity index (χ0) is 20.1. The number of carbonyl (C=O) groups is 2. The molecule has 29 heavy (non-hydrogen) atoms. The van der Waals surface area contributed by atoms with Gasteiger partial charge in [0.15, 0.2) is 11.5 Å². The maximum atomic E-state index is 12.7. The van der Waals surface area contributed by atoms with Gasteiger partial charge in [-0.25, -0.2) is 14.8 Å².